The van der Waals surface area contributed by atoms with Gasteiger partial charge in [0, 0.05) is 37.1 Å². The first kappa shape index (κ1) is 13.6. The van der Waals surface area contributed by atoms with E-state index in [-0.39, 0.29) is 11.8 Å². The molecule has 1 aliphatic rings. The van der Waals surface area contributed by atoms with Gasteiger partial charge in [-0.2, -0.15) is 0 Å². The Bertz CT molecular complexity index is 653. The van der Waals surface area contributed by atoms with E-state index in [0.29, 0.717) is 18.0 Å². The Labute approximate surface area is 123 Å². The number of hydrogen-bond acceptors (Lipinski definition) is 4. The van der Waals surface area contributed by atoms with E-state index in [9.17, 15) is 4.79 Å². The molecule has 1 amide bonds. The van der Waals surface area contributed by atoms with Crippen LogP contribution in [0, 0.1) is 6.92 Å². The summed E-state index contributed by atoms with van der Waals surface area (Å²) in [5.74, 6) is 1.57. The number of aromatic nitrogens is 3. The number of H-pyrrole nitrogens is 1. The van der Waals surface area contributed by atoms with Crippen molar-refractivity contribution in [1.82, 2.24) is 19.9 Å². The zero-order chi connectivity index (χ0) is 14.8. The van der Waals surface area contributed by atoms with E-state index in [1.54, 1.807) is 18.3 Å². The van der Waals surface area contributed by atoms with E-state index < -0.39 is 0 Å². The van der Waals surface area contributed by atoms with Gasteiger partial charge in [0.1, 0.15) is 11.4 Å². The summed E-state index contributed by atoms with van der Waals surface area (Å²) in [5.41, 5.74) is 1.56. The number of carbonyl (C=O) groups excluding carboxylic acids is 1. The molecule has 110 valence electrons. The van der Waals surface area contributed by atoms with E-state index in [1.807, 2.05) is 18.0 Å². The number of methoxy groups -OCH3 is 1. The fourth-order valence-electron chi connectivity index (χ4n) is 2.69. The highest BCUT2D eigenvalue weighted by atomic mass is 16.5. The van der Waals surface area contributed by atoms with Gasteiger partial charge in [-0.3, -0.25) is 4.79 Å². The SMILES string of the molecule is COc1ncccc1C(=O)N1CC[C@@H](c2ncc(C)[nH]2)C1. The lowest BCUT2D eigenvalue weighted by atomic mass is 10.1. The molecule has 1 aliphatic heterocycles. The standard InChI is InChI=1S/C15H18N4O2/c1-10-8-17-13(18-10)11-5-7-19(9-11)15(20)12-4-3-6-16-14(12)21-2/h3-4,6,8,11H,5,7,9H2,1-2H3,(H,17,18)/t11-/m1/s1. The lowest BCUT2D eigenvalue weighted by Gasteiger charge is -2.17. The smallest absolute Gasteiger partial charge is 0.259 e. The fraction of sp³-hybridized carbons (Fsp3) is 0.400. The number of imidazole rings is 1. The zero-order valence-electron chi connectivity index (χ0n) is 12.2. The molecule has 0 radical (unpaired) electrons. The van der Waals surface area contributed by atoms with E-state index in [4.69, 9.17) is 4.74 Å². The number of aryl methyl sites for hydroxylation is 1. The minimum Gasteiger partial charge on any atom is -0.480 e. The van der Waals surface area contributed by atoms with Crippen molar-refractivity contribution in [1.29, 1.82) is 0 Å². The van der Waals surface area contributed by atoms with E-state index in [0.717, 1.165) is 24.5 Å². The first-order valence-corrected chi connectivity index (χ1v) is 6.99. The average Bonchev–Trinajstić information content (AvgIpc) is 3.15. The van der Waals surface area contributed by atoms with E-state index >= 15 is 0 Å². The fourth-order valence-corrected chi connectivity index (χ4v) is 2.69. The predicted octanol–water partition coefficient (Wildman–Crippen LogP) is 1.75. The maximum absolute atomic E-state index is 12.6. The number of ether oxygens (including phenoxy) is 1. The number of likely N-dealkylation sites (tertiary alicyclic amines) is 1. The molecule has 3 rings (SSSR count). The number of carbonyl (C=O) groups is 1. The van der Waals surface area contributed by atoms with Crippen LogP contribution in [0.25, 0.3) is 0 Å². The normalized spacial score (nSPS) is 18.0. The number of aromatic amines is 1. The number of hydrogen-bond donors (Lipinski definition) is 1. The monoisotopic (exact) mass is 286 g/mol. The molecule has 0 bridgehead atoms. The van der Waals surface area contributed by atoms with Crippen LogP contribution in [0.3, 0.4) is 0 Å². The molecule has 2 aromatic heterocycles. The summed E-state index contributed by atoms with van der Waals surface area (Å²) in [6, 6.07) is 3.50. The van der Waals surface area contributed by atoms with E-state index in [2.05, 4.69) is 15.0 Å². The number of rotatable bonds is 3. The summed E-state index contributed by atoms with van der Waals surface area (Å²) >= 11 is 0. The van der Waals surface area contributed by atoms with Crippen molar-refractivity contribution >= 4 is 5.91 Å². The Hall–Kier alpha value is -2.37. The van der Waals surface area contributed by atoms with Crippen LogP contribution in [0.15, 0.2) is 24.5 Å². The molecule has 6 heteroatoms. The van der Waals surface area contributed by atoms with Crippen molar-refractivity contribution in [3.05, 3.63) is 41.6 Å². The van der Waals surface area contributed by atoms with Crippen LogP contribution in [-0.4, -0.2) is 46.0 Å². The van der Waals surface area contributed by atoms with Crippen molar-refractivity contribution in [2.45, 2.75) is 19.3 Å². The van der Waals surface area contributed by atoms with Crippen molar-refractivity contribution in [2.24, 2.45) is 0 Å². The maximum Gasteiger partial charge on any atom is 0.259 e. The predicted molar refractivity (Wildman–Crippen MR) is 77.4 cm³/mol. The second-order valence-electron chi connectivity index (χ2n) is 5.25. The van der Waals surface area contributed by atoms with Crippen LogP contribution in [-0.2, 0) is 0 Å². The third-order valence-corrected chi connectivity index (χ3v) is 3.78. The summed E-state index contributed by atoms with van der Waals surface area (Å²) in [6.45, 7) is 3.38. The third kappa shape index (κ3) is 2.61. The molecular weight excluding hydrogens is 268 g/mol. The zero-order valence-corrected chi connectivity index (χ0v) is 12.2. The molecule has 0 aliphatic carbocycles. The molecule has 0 spiro atoms. The Morgan fingerprint density at radius 1 is 1.48 bits per heavy atom. The lowest BCUT2D eigenvalue weighted by Crippen LogP contribution is -2.29. The number of nitrogens with one attached hydrogen (secondary N) is 1. The number of amides is 1. The summed E-state index contributed by atoms with van der Waals surface area (Å²) in [6.07, 6.45) is 4.36. The summed E-state index contributed by atoms with van der Waals surface area (Å²) in [4.78, 5) is 26.1. The molecule has 1 atom stereocenters. The average molecular weight is 286 g/mol. The first-order chi connectivity index (χ1) is 10.2. The molecule has 0 aromatic carbocycles. The van der Waals surface area contributed by atoms with Crippen LogP contribution in [0.5, 0.6) is 5.88 Å². The second kappa shape index (κ2) is 5.55. The van der Waals surface area contributed by atoms with Gasteiger partial charge in [-0.1, -0.05) is 0 Å². The Morgan fingerprint density at radius 2 is 2.33 bits per heavy atom. The van der Waals surface area contributed by atoms with Crippen molar-refractivity contribution in [3.63, 3.8) is 0 Å². The van der Waals surface area contributed by atoms with Gasteiger partial charge in [0.25, 0.3) is 5.91 Å². The van der Waals surface area contributed by atoms with Gasteiger partial charge >= 0.3 is 0 Å². The quantitative estimate of drug-likeness (QED) is 0.933. The first-order valence-electron chi connectivity index (χ1n) is 6.99. The van der Waals surface area contributed by atoms with Crippen molar-refractivity contribution < 1.29 is 9.53 Å². The Balaban J connectivity index is 1.75. The van der Waals surface area contributed by atoms with Crippen molar-refractivity contribution in [2.75, 3.05) is 20.2 Å². The third-order valence-electron chi connectivity index (χ3n) is 3.78. The van der Waals surface area contributed by atoms with Crippen LogP contribution >= 0.6 is 0 Å². The molecule has 1 N–H and O–H groups in total. The van der Waals surface area contributed by atoms with Gasteiger partial charge in [0.05, 0.1) is 7.11 Å². The molecule has 1 fully saturated rings. The Kier molecular flexibility index (Phi) is 3.60. The highest BCUT2D eigenvalue weighted by Crippen LogP contribution is 2.27. The van der Waals surface area contributed by atoms with Gasteiger partial charge in [-0.15, -0.1) is 0 Å². The molecular formula is C15H18N4O2. The lowest BCUT2D eigenvalue weighted by molar-refractivity contribution is 0.0786. The summed E-state index contributed by atoms with van der Waals surface area (Å²) < 4.78 is 5.16. The highest BCUT2D eigenvalue weighted by molar-refractivity contribution is 5.96. The van der Waals surface area contributed by atoms with Gasteiger partial charge in [0.15, 0.2) is 0 Å². The van der Waals surface area contributed by atoms with Gasteiger partial charge < -0.3 is 14.6 Å². The topological polar surface area (TPSA) is 71.1 Å². The maximum atomic E-state index is 12.6. The molecule has 3 heterocycles. The number of pyridine rings is 1. The molecule has 0 saturated carbocycles. The highest BCUT2D eigenvalue weighted by Gasteiger charge is 2.30. The molecule has 21 heavy (non-hydrogen) atoms. The number of nitrogens with zero attached hydrogens (tertiary/aromatic N) is 3. The van der Waals surface area contributed by atoms with Crippen LogP contribution in [0.1, 0.15) is 34.2 Å². The second-order valence-corrected chi connectivity index (χ2v) is 5.25. The van der Waals surface area contributed by atoms with Gasteiger partial charge in [-0.25, -0.2) is 9.97 Å². The summed E-state index contributed by atoms with van der Waals surface area (Å²) in [5, 5.41) is 0. The molecule has 0 unspecified atom stereocenters. The Morgan fingerprint density at radius 3 is 3.05 bits per heavy atom. The van der Waals surface area contributed by atoms with Gasteiger partial charge in [-0.05, 0) is 25.5 Å². The molecule has 6 nitrogen and oxygen atoms in total. The van der Waals surface area contributed by atoms with Crippen molar-refractivity contribution in [3.8, 4) is 5.88 Å². The van der Waals surface area contributed by atoms with Crippen LogP contribution in [0.2, 0.25) is 0 Å². The van der Waals surface area contributed by atoms with Crippen LogP contribution < -0.4 is 4.74 Å². The molecule has 2 aromatic rings. The molecule has 1 saturated heterocycles. The van der Waals surface area contributed by atoms with Gasteiger partial charge in [0.2, 0.25) is 5.88 Å². The van der Waals surface area contributed by atoms with Crippen LogP contribution in [0.4, 0.5) is 0 Å². The minimum absolute atomic E-state index is 0.0364. The summed E-state index contributed by atoms with van der Waals surface area (Å²) in [7, 11) is 1.53. The largest absolute Gasteiger partial charge is 0.480 e. The minimum atomic E-state index is -0.0364. The van der Waals surface area contributed by atoms with E-state index in [1.165, 1.54) is 7.11 Å².